The third-order valence-electron chi connectivity index (χ3n) is 3.18. The molecule has 0 bridgehead atoms. The van der Waals surface area contributed by atoms with Gasteiger partial charge in [-0.2, -0.15) is 0 Å². The molecule has 0 atom stereocenters. The normalized spacial score (nSPS) is 10.5. The van der Waals surface area contributed by atoms with Crippen molar-refractivity contribution in [2.45, 2.75) is 13.8 Å². The highest BCUT2D eigenvalue weighted by molar-refractivity contribution is 7.80. The van der Waals surface area contributed by atoms with Crippen molar-refractivity contribution in [1.82, 2.24) is 4.98 Å². The van der Waals surface area contributed by atoms with Gasteiger partial charge in [-0.25, -0.2) is 4.98 Å². The highest BCUT2D eigenvalue weighted by Gasteiger charge is 2.05. The molecule has 5 nitrogen and oxygen atoms in total. The summed E-state index contributed by atoms with van der Waals surface area (Å²) in [4.78, 5) is 4.31. The molecule has 0 amide bonds. The monoisotopic (exact) mass is 327 g/mol. The molecule has 0 aliphatic heterocycles. The fourth-order valence-corrected chi connectivity index (χ4v) is 2.45. The molecule has 6 heteroatoms. The molecule has 0 aliphatic carbocycles. The quantitative estimate of drug-likeness (QED) is 0.695. The minimum Gasteiger partial charge on any atom is -0.494 e. The summed E-state index contributed by atoms with van der Waals surface area (Å²) in [5.41, 5.74) is 3.31. The Kier molecular flexibility index (Phi) is 4.43. The number of anilines is 2. The van der Waals surface area contributed by atoms with Crippen LogP contribution in [0.2, 0.25) is 0 Å². The second kappa shape index (κ2) is 6.66. The molecule has 3 rings (SSSR count). The number of hydrogen-bond donors (Lipinski definition) is 2. The molecule has 2 N–H and O–H groups in total. The molecule has 0 unspecified atom stereocenters. The topological polar surface area (TPSA) is 59.3 Å². The summed E-state index contributed by atoms with van der Waals surface area (Å²) in [5, 5.41) is 6.78. The third-order valence-corrected chi connectivity index (χ3v) is 3.38. The maximum atomic E-state index is 5.46. The third kappa shape index (κ3) is 3.78. The molecule has 1 heterocycles. The highest BCUT2D eigenvalue weighted by Crippen LogP contribution is 2.20. The Balaban J connectivity index is 1.65. The average molecular weight is 327 g/mol. The van der Waals surface area contributed by atoms with Crippen LogP contribution in [-0.4, -0.2) is 16.7 Å². The van der Waals surface area contributed by atoms with Gasteiger partial charge in [0.1, 0.15) is 11.3 Å². The average Bonchev–Trinajstić information content (AvgIpc) is 2.89. The standard InChI is InChI=1S/C17H17N3O2S/c1-3-21-14-7-4-12(5-8-14)19-17(23)20-13-6-9-16-15(10-13)18-11(2)22-16/h4-10H,3H2,1-2H3,(H2,19,20,23). The predicted octanol–water partition coefficient (Wildman–Crippen LogP) is 4.34. The first-order chi connectivity index (χ1) is 11.1. The highest BCUT2D eigenvalue weighted by atomic mass is 32.1. The summed E-state index contributed by atoms with van der Waals surface area (Å²) in [6, 6.07) is 13.3. The first kappa shape index (κ1) is 15.3. The molecule has 0 spiro atoms. The zero-order valence-electron chi connectivity index (χ0n) is 12.9. The maximum Gasteiger partial charge on any atom is 0.192 e. The Hall–Kier alpha value is -2.60. The molecule has 0 fully saturated rings. The van der Waals surface area contributed by atoms with E-state index in [0.717, 1.165) is 28.2 Å². The van der Waals surface area contributed by atoms with E-state index in [9.17, 15) is 0 Å². The van der Waals surface area contributed by atoms with Crippen LogP contribution in [0.4, 0.5) is 11.4 Å². The van der Waals surface area contributed by atoms with Crippen LogP contribution in [0, 0.1) is 6.92 Å². The fourth-order valence-electron chi connectivity index (χ4n) is 2.21. The van der Waals surface area contributed by atoms with Gasteiger partial charge in [0.15, 0.2) is 16.6 Å². The van der Waals surface area contributed by atoms with Crippen molar-refractivity contribution in [2.75, 3.05) is 17.2 Å². The van der Waals surface area contributed by atoms with E-state index in [1.54, 1.807) is 0 Å². The molecule has 2 aromatic carbocycles. The van der Waals surface area contributed by atoms with Crippen molar-refractivity contribution in [3.05, 3.63) is 48.4 Å². The van der Waals surface area contributed by atoms with Crippen molar-refractivity contribution in [2.24, 2.45) is 0 Å². The van der Waals surface area contributed by atoms with Crippen molar-refractivity contribution < 1.29 is 9.15 Å². The number of rotatable bonds is 4. The van der Waals surface area contributed by atoms with E-state index >= 15 is 0 Å². The van der Waals surface area contributed by atoms with Crippen LogP contribution < -0.4 is 15.4 Å². The van der Waals surface area contributed by atoms with Gasteiger partial charge in [0.25, 0.3) is 0 Å². The fraction of sp³-hybridized carbons (Fsp3) is 0.176. The Morgan fingerprint density at radius 1 is 1.13 bits per heavy atom. The summed E-state index contributed by atoms with van der Waals surface area (Å²) >= 11 is 5.33. The van der Waals surface area contributed by atoms with Crippen molar-refractivity contribution in [1.29, 1.82) is 0 Å². The van der Waals surface area contributed by atoms with Crippen LogP contribution in [0.5, 0.6) is 5.75 Å². The molecule has 0 radical (unpaired) electrons. The van der Waals surface area contributed by atoms with Gasteiger partial charge in [0.2, 0.25) is 0 Å². The van der Waals surface area contributed by atoms with Crippen LogP contribution in [0.15, 0.2) is 46.9 Å². The van der Waals surface area contributed by atoms with E-state index in [4.69, 9.17) is 21.4 Å². The Morgan fingerprint density at radius 3 is 2.57 bits per heavy atom. The van der Waals surface area contributed by atoms with Crippen molar-refractivity contribution in [3.8, 4) is 5.75 Å². The van der Waals surface area contributed by atoms with E-state index in [-0.39, 0.29) is 0 Å². The van der Waals surface area contributed by atoms with Gasteiger partial charge in [-0.3, -0.25) is 0 Å². The lowest BCUT2D eigenvalue weighted by Crippen LogP contribution is -2.18. The van der Waals surface area contributed by atoms with Crippen LogP contribution >= 0.6 is 12.2 Å². The Labute approximate surface area is 139 Å². The number of aryl methyl sites for hydroxylation is 1. The van der Waals surface area contributed by atoms with Crippen LogP contribution in [0.1, 0.15) is 12.8 Å². The number of hydrogen-bond acceptors (Lipinski definition) is 4. The van der Waals surface area contributed by atoms with Gasteiger partial charge in [0.05, 0.1) is 6.61 Å². The number of fused-ring (bicyclic) bond motifs is 1. The zero-order valence-corrected chi connectivity index (χ0v) is 13.7. The minimum atomic E-state index is 0.508. The maximum absolute atomic E-state index is 5.46. The lowest BCUT2D eigenvalue weighted by atomic mass is 10.3. The molecule has 3 aromatic rings. The van der Waals surface area contributed by atoms with Crippen LogP contribution in [0.3, 0.4) is 0 Å². The van der Waals surface area contributed by atoms with Gasteiger partial charge in [-0.15, -0.1) is 0 Å². The first-order valence-electron chi connectivity index (χ1n) is 7.32. The van der Waals surface area contributed by atoms with E-state index in [0.29, 0.717) is 17.6 Å². The minimum absolute atomic E-state index is 0.508. The number of benzene rings is 2. The van der Waals surface area contributed by atoms with Crippen molar-refractivity contribution in [3.63, 3.8) is 0 Å². The summed E-state index contributed by atoms with van der Waals surface area (Å²) in [5.74, 6) is 1.48. The number of nitrogens with zero attached hydrogens (tertiary/aromatic N) is 1. The van der Waals surface area contributed by atoms with Gasteiger partial charge < -0.3 is 19.8 Å². The largest absolute Gasteiger partial charge is 0.494 e. The lowest BCUT2D eigenvalue weighted by molar-refractivity contribution is 0.340. The number of aromatic nitrogens is 1. The molecular formula is C17H17N3O2S. The molecule has 0 saturated carbocycles. The summed E-state index contributed by atoms with van der Waals surface area (Å²) in [6.07, 6.45) is 0. The first-order valence-corrected chi connectivity index (χ1v) is 7.73. The van der Waals surface area contributed by atoms with Crippen LogP contribution in [0.25, 0.3) is 11.1 Å². The molecule has 118 valence electrons. The Morgan fingerprint density at radius 2 is 1.83 bits per heavy atom. The summed E-state index contributed by atoms with van der Waals surface area (Å²) in [7, 11) is 0. The summed E-state index contributed by atoms with van der Waals surface area (Å²) < 4.78 is 10.9. The van der Waals surface area contributed by atoms with Crippen LogP contribution in [-0.2, 0) is 0 Å². The second-order valence-electron chi connectivity index (χ2n) is 4.95. The van der Waals surface area contributed by atoms with E-state index in [1.807, 2.05) is 56.3 Å². The molecule has 23 heavy (non-hydrogen) atoms. The SMILES string of the molecule is CCOc1ccc(NC(=S)Nc2ccc3oc(C)nc3c2)cc1. The van der Waals surface area contributed by atoms with E-state index in [2.05, 4.69) is 15.6 Å². The Bertz CT molecular complexity index is 827. The smallest absolute Gasteiger partial charge is 0.192 e. The van der Waals surface area contributed by atoms with Gasteiger partial charge in [-0.05, 0) is 61.6 Å². The predicted molar refractivity (Wildman–Crippen MR) is 96.2 cm³/mol. The molecular weight excluding hydrogens is 310 g/mol. The number of thiocarbonyl (C=S) groups is 1. The molecule has 0 aliphatic rings. The number of ether oxygens (including phenoxy) is 1. The molecule has 0 saturated heterocycles. The number of nitrogens with one attached hydrogen (secondary N) is 2. The molecule has 1 aromatic heterocycles. The van der Waals surface area contributed by atoms with Gasteiger partial charge in [-0.1, -0.05) is 0 Å². The van der Waals surface area contributed by atoms with E-state index < -0.39 is 0 Å². The van der Waals surface area contributed by atoms with Gasteiger partial charge in [0, 0.05) is 18.3 Å². The van der Waals surface area contributed by atoms with E-state index in [1.165, 1.54) is 0 Å². The zero-order chi connectivity index (χ0) is 16.2. The number of oxazole rings is 1. The summed E-state index contributed by atoms with van der Waals surface area (Å²) in [6.45, 7) is 4.43. The second-order valence-corrected chi connectivity index (χ2v) is 5.36. The lowest BCUT2D eigenvalue weighted by Gasteiger charge is -2.11. The van der Waals surface area contributed by atoms with Crippen molar-refractivity contribution >= 4 is 39.8 Å². The van der Waals surface area contributed by atoms with Gasteiger partial charge >= 0.3 is 0 Å².